The third-order valence-corrected chi connectivity index (χ3v) is 9.78. The van der Waals surface area contributed by atoms with Gasteiger partial charge >= 0.3 is 0 Å². The van der Waals surface area contributed by atoms with Crippen LogP contribution in [0.1, 0.15) is 65.7 Å². The number of piperazine rings is 1. The number of anilines is 3. The zero-order valence-electron chi connectivity index (χ0n) is 28.7. The maximum atomic E-state index is 12.5. The van der Waals surface area contributed by atoms with Crippen LogP contribution in [0.4, 0.5) is 17.5 Å². The van der Waals surface area contributed by atoms with Crippen LogP contribution < -0.4 is 16.0 Å². The predicted octanol–water partition coefficient (Wildman–Crippen LogP) is 5.08. The number of ketones is 1. The van der Waals surface area contributed by atoms with Crippen molar-refractivity contribution >= 4 is 23.2 Å². The van der Waals surface area contributed by atoms with E-state index in [2.05, 4.69) is 73.9 Å². The Balaban J connectivity index is 1.03. The smallest absolute Gasteiger partial charge is 0.229 e. The molecule has 258 valence electrons. The molecule has 7 rings (SSSR count). The second kappa shape index (κ2) is 15.9. The van der Waals surface area contributed by atoms with Crippen molar-refractivity contribution in [2.45, 2.75) is 63.3 Å². The van der Waals surface area contributed by atoms with Gasteiger partial charge in [0.15, 0.2) is 5.78 Å². The SMILES string of the molecule is CN1CCN(Cc2ccc(-c3cnc(Nc4ccc(C#Cc5cc(C(=O)CNC6CC6)ccn5)cc4)nc3NC3CCC(O)CC3)cc2)CC1. The molecule has 0 unspecified atom stereocenters. The lowest BCUT2D eigenvalue weighted by Crippen LogP contribution is -2.43. The number of aliphatic hydroxyl groups is 1. The zero-order chi connectivity index (χ0) is 34.3. The lowest BCUT2D eigenvalue weighted by molar-refractivity contribution is 0.0990. The van der Waals surface area contributed by atoms with Crippen molar-refractivity contribution in [1.82, 2.24) is 30.1 Å². The van der Waals surface area contributed by atoms with Crippen LogP contribution in [0.3, 0.4) is 0 Å². The number of aliphatic hydroxyl groups excluding tert-OH is 1. The number of pyridine rings is 1. The number of carbonyl (C=O) groups excluding carboxylic acids is 1. The molecule has 0 spiro atoms. The third kappa shape index (κ3) is 9.31. The van der Waals surface area contributed by atoms with Crippen molar-refractivity contribution < 1.29 is 9.90 Å². The Labute approximate surface area is 294 Å². The number of aromatic nitrogens is 3. The van der Waals surface area contributed by atoms with E-state index < -0.39 is 0 Å². The lowest BCUT2D eigenvalue weighted by atomic mass is 9.93. The minimum Gasteiger partial charge on any atom is -0.393 e. The summed E-state index contributed by atoms with van der Waals surface area (Å²) in [6, 6.07) is 20.8. The monoisotopic (exact) mass is 670 g/mol. The number of rotatable bonds is 11. The molecule has 3 heterocycles. The summed E-state index contributed by atoms with van der Waals surface area (Å²) in [6.07, 6.45) is 8.96. The van der Waals surface area contributed by atoms with Gasteiger partial charge in [0.05, 0.1) is 12.6 Å². The molecule has 50 heavy (non-hydrogen) atoms. The van der Waals surface area contributed by atoms with Gasteiger partial charge in [0, 0.05) is 79.6 Å². The molecule has 2 aromatic carbocycles. The van der Waals surface area contributed by atoms with Gasteiger partial charge in [-0.3, -0.25) is 9.69 Å². The molecular formula is C40H46N8O2. The maximum Gasteiger partial charge on any atom is 0.229 e. The molecule has 1 saturated heterocycles. The lowest BCUT2D eigenvalue weighted by Gasteiger charge is -2.32. The fourth-order valence-corrected chi connectivity index (χ4v) is 6.43. The third-order valence-electron chi connectivity index (χ3n) is 9.78. The van der Waals surface area contributed by atoms with E-state index in [4.69, 9.17) is 9.97 Å². The predicted molar refractivity (Wildman–Crippen MR) is 197 cm³/mol. The van der Waals surface area contributed by atoms with E-state index in [1.165, 1.54) is 5.56 Å². The van der Waals surface area contributed by atoms with E-state index in [1.54, 1.807) is 18.3 Å². The van der Waals surface area contributed by atoms with Crippen LogP contribution in [0.15, 0.2) is 73.1 Å². The molecule has 3 aliphatic rings. The highest BCUT2D eigenvalue weighted by atomic mass is 16.3. The highest BCUT2D eigenvalue weighted by Crippen LogP contribution is 2.31. The zero-order valence-corrected chi connectivity index (χ0v) is 28.7. The normalized spacial score (nSPS) is 19.7. The number of likely N-dealkylation sites (N-methyl/N-ethyl adjacent to an activating group) is 1. The summed E-state index contributed by atoms with van der Waals surface area (Å²) in [6.45, 7) is 5.70. The van der Waals surface area contributed by atoms with Crippen LogP contribution in [-0.4, -0.2) is 93.6 Å². The molecule has 0 amide bonds. The van der Waals surface area contributed by atoms with Gasteiger partial charge in [0.1, 0.15) is 11.5 Å². The highest BCUT2D eigenvalue weighted by molar-refractivity contribution is 5.97. The number of hydrogen-bond acceptors (Lipinski definition) is 10. The second-order valence-electron chi connectivity index (χ2n) is 13.8. The first-order valence-corrected chi connectivity index (χ1v) is 17.9. The number of benzene rings is 2. The largest absolute Gasteiger partial charge is 0.393 e. The Morgan fingerprint density at radius 1 is 0.880 bits per heavy atom. The van der Waals surface area contributed by atoms with Crippen molar-refractivity contribution in [3.05, 3.63) is 95.4 Å². The fraction of sp³-hybridized carbons (Fsp3) is 0.400. The first-order valence-electron chi connectivity index (χ1n) is 17.9. The molecule has 4 aromatic rings. The molecule has 0 atom stereocenters. The van der Waals surface area contributed by atoms with Crippen molar-refractivity contribution in [3.8, 4) is 23.0 Å². The average Bonchev–Trinajstić information content (AvgIpc) is 3.98. The van der Waals surface area contributed by atoms with E-state index in [0.717, 1.165) is 99.4 Å². The van der Waals surface area contributed by atoms with E-state index in [0.29, 0.717) is 29.8 Å². The van der Waals surface area contributed by atoms with Gasteiger partial charge in [-0.15, -0.1) is 0 Å². The number of nitrogens with one attached hydrogen (secondary N) is 3. The Morgan fingerprint density at radius 2 is 1.62 bits per heavy atom. The summed E-state index contributed by atoms with van der Waals surface area (Å²) in [7, 11) is 2.18. The van der Waals surface area contributed by atoms with Crippen molar-refractivity contribution in [2.24, 2.45) is 0 Å². The van der Waals surface area contributed by atoms with Gasteiger partial charge < -0.3 is 26.0 Å². The summed E-state index contributed by atoms with van der Waals surface area (Å²) >= 11 is 0. The minimum atomic E-state index is -0.222. The van der Waals surface area contributed by atoms with E-state index >= 15 is 0 Å². The van der Waals surface area contributed by atoms with E-state index in [9.17, 15) is 9.90 Å². The Morgan fingerprint density at radius 3 is 2.36 bits per heavy atom. The number of Topliss-reactive ketones (excluding diaryl/α,β-unsaturated/α-hetero) is 1. The molecule has 0 radical (unpaired) electrons. The first kappa shape index (κ1) is 33.8. The molecule has 0 bridgehead atoms. The highest BCUT2D eigenvalue weighted by Gasteiger charge is 2.23. The minimum absolute atomic E-state index is 0.0542. The average molecular weight is 671 g/mol. The Kier molecular flexibility index (Phi) is 10.8. The number of nitrogens with zero attached hydrogens (tertiary/aromatic N) is 5. The molecule has 4 N–H and O–H groups in total. The van der Waals surface area contributed by atoms with Crippen LogP contribution in [0.2, 0.25) is 0 Å². The van der Waals surface area contributed by atoms with Gasteiger partial charge in [-0.2, -0.15) is 4.98 Å². The van der Waals surface area contributed by atoms with Crippen LogP contribution in [0.5, 0.6) is 0 Å². The fourth-order valence-electron chi connectivity index (χ4n) is 6.43. The Hall–Kier alpha value is -4.66. The second-order valence-corrected chi connectivity index (χ2v) is 13.8. The quantitative estimate of drug-likeness (QED) is 0.127. The maximum absolute atomic E-state index is 12.5. The number of carbonyl (C=O) groups is 1. The molecular weight excluding hydrogens is 624 g/mol. The van der Waals surface area contributed by atoms with Gasteiger partial charge in [-0.05, 0) is 99.0 Å². The summed E-state index contributed by atoms with van der Waals surface area (Å²) < 4.78 is 0. The van der Waals surface area contributed by atoms with Gasteiger partial charge in [-0.25, -0.2) is 9.97 Å². The van der Waals surface area contributed by atoms with Gasteiger partial charge in [0.25, 0.3) is 0 Å². The molecule has 3 fully saturated rings. The molecule has 2 aliphatic carbocycles. The van der Waals surface area contributed by atoms with E-state index in [-0.39, 0.29) is 17.9 Å². The van der Waals surface area contributed by atoms with Crippen LogP contribution >= 0.6 is 0 Å². The molecule has 2 saturated carbocycles. The Bertz CT molecular complexity index is 1820. The van der Waals surface area contributed by atoms with E-state index in [1.807, 2.05) is 30.5 Å². The van der Waals surface area contributed by atoms with Crippen LogP contribution in [-0.2, 0) is 6.54 Å². The topological polar surface area (TPSA) is 119 Å². The van der Waals surface area contributed by atoms with Gasteiger partial charge in [-0.1, -0.05) is 30.2 Å². The molecule has 1 aliphatic heterocycles. The molecule has 2 aromatic heterocycles. The summed E-state index contributed by atoms with van der Waals surface area (Å²) in [5.74, 6) is 7.59. The number of hydrogen-bond donors (Lipinski definition) is 4. The first-order chi connectivity index (χ1) is 24.4. The van der Waals surface area contributed by atoms with Crippen LogP contribution in [0.25, 0.3) is 11.1 Å². The molecule has 10 nitrogen and oxygen atoms in total. The van der Waals surface area contributed by atoms with Crippen molar-refractivity contribution in [3.63, 3.8) is 0 Å². The summed E-state index contributed by atoms with van der Waals surface area (Å²) in [5.41, 5.74) is 6.19. The van der Waals surface area contributed by atoms with Crippen molar-refractivity contribution in [2.75, 3.05) is 50.4 Å². The van der Waals surface area contributed by atoms with Crippen LogP contribution in [0, 0.1) is 11.8 Å². The molecule has 10 heteroatoms. The summed E-state index contributed by atoms with van der Waals surface area (Å²) in [5, 5.41) is 20.4. The van der Waals surface area contributed by atoms with Crippen molar-refractivity contribution in [1.29, 1.82) is 0 Å². The summed E-state index contributed by atoms with van der Waals surface area (Å²) in [4.78, 5) is 31.4. The van der Waals surface area contributed by atoms with Gasteiger partial charge in [0.2, 0.25) is 5.95 Å². The standard InChI is InChI=1S/C40H46N8O2/c1-47-20-22-48(23-21-47)27-29-2-7-30(8-3-29)37-25-43-40(46-39(37)44-33-14-16-36(49)17-15-33)45-34-9-4-28(5-10-34)6-11-35-24-31(18-19-41-35)38(50)26-42-32-12-13-32/h2-5,7-10,18-19,24-25,32-33,36,42,49H,12-17,20-23,26-27H2,1H3,(H2,43,44,45,46).